The number of rotatable bonds is 6. The number of nitrogens with two attached hydrogens (primary N) is 1. The summed E-state index contributed by atoms with van der Waals surface area (Å²) in [6.07, 6.45) is 9.12. The van der Waals surface area contributed by atoms with E-state index in [0.717, 1.165) is 42.9 Å². The zero-order valence-corrected chi connectivity index (χ0v) is 19.1. The van der Waals surface area contributed by atoms with Gasteiger partial charge in [-0.15, -0.1) is 0 Å². The van der Waals surface area contributed by atoms with E-state index in [2.05, 4.69) is 35.2 Å². The number of piperidine rings is 1. The fourth-order valence-corrected chi connectivity index (χ4v) is 4.96. The van der Waals surface area contributed by atoms with Crippen molar-refractivity contribution in [2.45, 2.75) is 64.0 Å². The summed E-state index contributed by atoms with van der Waals surface area (Å²) in [6.45, 7) is 3.32. The van der Waals surface area contributed by atoms with Crippen LogP contribution < -0.4 is 26.6 Å². The van der Waals surface area contributed by atoms with Gasteiger partial charge in [-0.25, -0.2) is 14.8 Å². The number of nitrogens with zero attached hydrogens (tertiary/aromatic N) is 4. The molecular formula is C21H30N8O2S. The monoisotopic (exact) mass is 458 g/mol. The van der Waals surface area contributed by atoms with E-state index in [0.29, 0.717) is 18.2 Å². The van der Waals surface area contributed by atoms with Crippen molar-refractivity contribution in [3.8, 4) is 0 Å². The number of aryl methyl sites for hydroxylation is 1. The summed E-state index contributed by atoms with van der Waals surface area (Å²) in [5, 5.41) is 10.1. The van der Waals surface area contributed by atoms with E-state index in [9.17, 15) is 9.59 Å². The minimum Gasteiger partial charge on any atom is -0.364 e. The second-order valence-corrected chi connectivity index (χ2v) is 9.29. The molecule has 1 atom stereocenters. The minimum absolute atomic E-state index is 0.0190. The van der Waals surface area contributed by atoms with Crippen molar-refractivity contribution in [3.63, 3.8) is 0 Å². The molecule has 0 radical (unpaired) electrons. The number of urea groups is 1. The summed E-state index contributed by atoms with van der Waals surface area (Å²) in [4.78, 5) is 35.3. The first-order valence-corrected chi connectivity index (χ1v) is 11.9. The van der Waals surface area contributed by atoms with Crippen LogP contribution in [0.4, 0.5) is 21.4 Å². The smallest absolute Gasteiger partial charge is 0.315 e. The van der Waals surface area contributed by atoms with E-state index in [4.69, 9.17) is 5.73 Å². The van der Waals surface area contributed by atoms with Crippen molar-refractivity contribution in [1.29, 1.82) is 0 Å². The Balaban J connectivity index is 1.42. The molecule has 2 aromatic rings. The van der Waals surface area contributed by atoms with E-state index >= 15 is 0 Å². The quantitative estimate of drug-likeness (QED) is 0.522. The van der Waals surface area contributed by atoms with Crippen molar-refractivity contribution < 1.29 is 9.59 Å². The normalized spacial score (nSPS) is 19.4. The lowest BCUT2D eigenvalue weighted by atomic mass is 9.96. The Labute approximate surface area is 191 Å². The molecule has 32 heavy (non-hydrogen) atoms. The summed E-state index contributed by atoms with van der Waals surface area (Å²) >= 11 is 1.28. The molecule has 1 saturated carbocycles. The number of carbonyl (C=O) groups excluding carboxylic acids is 2. The first-order chi connectivity index (χ1) is 15.5. The van der Waals surface area contributed by atoms with Gasteiger partial charge in [-0.05, 0) is 50.2 Å². The van der Waals surface area contributed by atoms with Crippen molar-refractivity contribution in [1.82, 2.24) is 25.0 Å². The van der Waals surface area contributed by atoms with E-state index < -0.39 is 5.91 Å². The molecular weight excluding hydrogens is 428 g/mol. The van der Waals surface area contributed by atoms with Gasteiger partial charge in [0.1, 0.15) is 10.8 Å². The van der Waals surface area contributed by atoms with Crippen LogP contribution >= 0.6 is 11.5 Å². The van der Waals surface area contributed by atoms with Gasteiger partial charge < -0.3 is 26.6 Å². The van der Waals surface area contributed by atoms with Crippen LogP contribution in [-0.4, -0.2) is 51.5 Å². The van der Waals surface area contributed by atoms with Crippen LogP contribution in [0.25, 0.3) is 0 Å². The predicted molar refractivity (Wildman–Crippen MR) is 124 cm³/mol. The number of aromatic nitrogens is 3. The van der Waals surface area contributed by atoms with Crippen molar-refractivity contribution >= 4 is 40.1 Å². The molecule has 0 unspecified atom stereocenters. The van der Waals surface area contributed by atoms with Crippen LogP contribution in [-0.2, 0) is 0 Å². The van der Waals surface area contributed by atoms with E-state index in [-0.39, 0.29) is 23.8 Å². The highest BCUT2D eigenvalue weighted by Gasteiger charge is 2.25. The van der Waals surface area contributed by atoms with Crippen LogP contribution in [0.3, 0.4) is 0 Å². The highest BCUT2D eigenvalue weighted by molar-refractivity contribution is 7.10. The summed E-state index contributed by atoms with van der Waals surface area (Å²) in [6, 6.07) is 2.07. The highest BCUT2D eigenvalue weighted by atomic mass is 32.1. The summed E-state index contributed by atoms with van der Waals surface area (Å²) in [7, 11) is 0. The van der Waals surface area contributed by atoms with E-state index in [1.807, 2.05) is 13.0 Å². The molecule has 0 aromatic carbocycles. The first kappa shape index (κ1) is 22.3. The molecule has 2 fully saturated rings. The lowest BCUT2D eigenvalue weighted by Crippen LogP contribution is -2.52. The van der Waals surface area contributed by atoms with Gasteiger partial charge in [0.2, 0.25) is 0 Å². The second-order valence-electron chi connectivity index (χ2n) is 8.49. The Hall–Kier alpha value is -2.95. The fraction of sp³-hybridized carbons (Fsp3) is 0.571. The third-order valence-electron chi connectivity index (χ3n) is 5.88. The van der Waals surface area contributed by atoms with Crippen molar-refractivity contribution in [2.75, 3.05) is 23.3 Å². The van der Waals surface area contributed by atoms with Gasteiger partial charge >= 0.3 is 6.03 Å². The summed E-state index contributed by atoms with van der Waals surface area (Å²) in [5.74, 6) is 0.298. The molecule has 3 amide bonds. The zero-order valence-electron chi connectivity index (χ0n) is 18.3. The Morgan fingerprint density at radius 1 is 1.12 bits per heavy atom. The number of nitrogens with one attached hydrogen (secondary N) is 3. The van der Waals surface area contributed by atoms with Crippen LogP contribution in [0.2, 0.25) is 0 Å². The average molecular weight is 459 g/mol. The summed E-state index contributed by atoms with van der Waals surface area (Å²) in [5.41, 5.74) is 6.45. The predicted octanol–water partition coefficient (Wildman–Crippen LogP) is 2.68. The van der Waals surface area contributed by atoms with Gasteiger partial charge in [-0.1, -0.05) is 19.3 Å². The maximum absolute atomic E-state index is 12.5. The third kappa shape index (κ3) is 5.64. The minimum atomic E-state index is -0.648. The Morgan fingerprint density at radius 2 is 1.88 bits per heavy atom. The number of amides is 3. The van der Waals surface area contributed by atoms with Gasteiger partial charge in [-0.3, -0.25) is 4.79 Å². The lowest BCUT2D eigenvalue weighted by molar-refractivity contribution is 0.0996. The molecule has 0 spiro atoms. The first-order valence-electron chi connectivity index (χ1n) is 11.2. The molecule has 1 aliphatic carbocycles. The highest BCUT2D eigenvalue weighted by Crippen LogP contribution is 2.25. The van der Waals surface area contributed by atoms with Crippen LogP contribution in [0.5, 0.6) is 0 Å². The number of anilines is 3. The lowest BCUT2D eigenvalue weighted by Gasteiger charge is -2.34. The molecule has 1 aliphatic heterocycles. The maximum Gasteiger partial charge on any atom is 0.315 e. The number of hydrogen-bond acceptors (Lipinski definition) is 8. The molecule has 10 nitrogen and oxygen atoms in total. The molecule has 3 heterocycles. The number of primary amides is 1. The summed E-state index contributed by atoms with van der Waals surface area (Å²) < 4.78 is 4.24. The third-order valence-corrected chi connectivity index (χ3v) is 6.68. The van der Waals surface area contributed by atoms with Crippen molar-refractivity contribution in [3.05, 3.63) is 23.7 Å². The molecule has 4 rings (SSSR count). The molecule has 5 N–H and O–H groups in total. The molecule has 2 aromatic heterocycles. The topological polar surface area (TPSA) is 138 Å². The van der Waals surface area contributed by atoms with Crippen LogP contribution in [0.1, 0.15) is 61.1 Å². The maximum atomic E-state index is 12.5. The van der Waals surface area contributed by atoms with Gasteiger partial charge in [0.05, 0.1) is 11.9 Å². The van der Waals surface area contributed by atoms with Crippen LogP contribution in [0.15, 0.2) is 12.3 Å². The van der Waals surface area contributed by atoms with Crippen LogP contribution in [0, 0.1) is 6.92 Å². The second kappa shape index (κ2) is 10.1. The molecule has 2 aliphatic rings. The molecule has 0 bridgehead atoms. The zero-order chi connectivity index (χ0) is 22.5. The van der Waals surface area contributed by atoms with Gasteiger partial charge in [-0.2, -0.15) is 4.37 Å². The Bertz CT molecular complexity index is 959. The fourth-order valence-electron chi connectivity index (χ4n) is 4.30. The van der Waals surface area contributed by atoms with E-state index in [1.165, 1.54) is 30.8 Å². The van der Waals surface area contributed by atoms with E-state index in [1.54, 1.807) is 6.20 Å². The largest absolute Gasteiger partial charge is 0.364 e. The molecule has 11 heteroatoms. The average Bonchev–Trinajstić information content (AvgIpc) is 3.19. The standard InChI is InChI=1S/C21H30N8O2S/c1-13-10-17(32-28-13)27-20-18(19(22)30)23-11-16(26-20)29-9-5-8-15(12-29)25-21(31)24-14-6-3-2-4-7-14/h10-11,14-15H,2-9,12H2,1H3,(H2,22,30)(H,26,27)(H2,24,25,31)/t15-/m1/s1. The van der Waals surface area contributed by atoms with Gasteiger partial charge in [0.25, 0.3) is 5.91 Å². The SMILES string of the molecule is Cc1cc(Nc2nc(N3CCC[C@@H](NC(=O)NC4CCCCC4)C3)cnc2C(N)=O)sn1. The van der Waals surface area contributed by atoms with Gasteiger partial charge in [0, 0.05) is 25.2 Å². The number of carbonyl (C=O) groups is 2. The Morgan fingerprint density at radius 3 is 2.59 bits per heavy atom. The van der Waals surface area contributed by atoms with Gasteiger partial charge in [0.15, 0.2) is 11.5 Å². The molecule has 1 saturated heterocycles. The number of hydrogen-bond donors (Lipinski definition) is 4. The van der Waals surface area contributed by atoms with Crippen molar-refractivity contribution in [2.24, 2.45) is 5.73 Å². The molecule has 172 valence electrons. The Kier molecular flexibility index (Phi) is 7.03.